The summed E-state index contributed by atoms with van der Waals surface area (Å²) in [6.45, 7) is 4.40. The summed E-state index contributed by atoms with van der Waals surface area (Å²) in [4.78, 5) is 12.2. The third-order valence-corrected chi connectivity index (χ3v) is 3.83. The Kier molecular flexibility index (Phi) is 3.64. The van der Waals surface area contributed by atoms with E-state index in [0.717, 1.165) is 22.9 Å². The molecule has 1 fully saturated rings. The largest absolute Gasteiger partial charge is 0.397 e. The van der Waals surface area contributed by atoms with E-state index in [9.17, 15) is 4.79 Å². The highest BCUT2D eigenvalue weighted by Gasteiger charge is 2.38. The lowest BCUT2D eigenvalue weighted by Gasteiger charge is -2.23. The fourth-order valence-corrected chi connectivity index (χ4v) is 2.79. The molecule has 0 saturated carbocycles. The first kappa shape index (κ1) is 13.4. The Bertz CT molecular complexity index is 459. The number of carbonyl (C=O) groups is 1. The Hall–Kier alpha value is -1.07. The van der Waals surface area contributed by atoms with Crippen molar-refractivity contribution in [3.8, 4) is 0 Å². The Morgan fingerprint density at radius 1 is 1.56 bits per heavy atom. The number of anilines is 2. The lowest BCUT2D eigenvalue weighted by molar-refractivity contribution is -0.133. The lowest BCUT2D eigenvalue weighted by atomic mass is 10.0. The van der Waals surface area contributed by atoms with Gasteiger partial charge in [0, 0.05) is 11.1 Å². The zero-order chi connectivity index (χ0) is 13.3. The Morgan fingerprint density at radius 3 is 2.83 bits per heavy atom. The number of hydrogen-bond donors (Lipinski definition) is 2. The average molecular weight is 313 g/mol. The van der Waals surface area contributed by atoms with E-state index >= 15 is 0 Å². The summed E-state index contributed by atoms with van der Waals surface area (Å²) in [7, 11) is 0. The van der Waals surface area contributed by atoms with Crippen molar-refractivity contribution < 1.29 is 9.53 Å². The minimum absolute atomic E-state index is 0.142. The number of hydrogen-bond acceptors (Lipinski definition) is 3. The summed E-state index contributed by atoms with van der Waals surface area (Å²) in [5.41, 5.74) is 7.40. The lowest BCUT2D eigenvalue weighted by Crippen LogP contribution is -2.39. The zero-order valence-electron chi connectivity index (χ0n) is 10.5. The van der Waals surface area contributed by atoms with Crippen LogP contribution in [0, 0.1) is 6.92 Å². The second-order valence-electron chi connectivity index (χ2n) is 4.85. The predicted molar refractivity (Wildman–Crippen MR) is 75.5 cm³/mol. The Balaban J connectivity index is 2.22. The average Bonchev–Trinajstić information content (AvgIpc) is 2.71. The second-order valence-corrected chi connectivity index (χ2v) is 5.70. The van der Waals surface area contributed by atoms with Crippen LogP contribution < -0.4 is 11.1 Å². The zero-order valence-corrected chi connectivity index (χ0v) is 12.1. The molecule has 0 aliphatic carbocycles. The van der Waals surface area contributed by atoms with Crippen molar-refractivity contribution >= 4 is 33.2 Å². The highest BCUT2D eigenvalue weighted by atomic mass is 79.9. The molecule has 1 aromatic rings. The maximum absolute atomic E-state index is 12.2. The van der Waals surface area contributed by atoms with Crippen LogP contribution in [0.5, 0.6) is 0 Å². The summed E-state index contributed by atoms with van der Waals surface area (Å²) in [5, 5.41) is 2.85. The third-order valence-electron chi connectivity index (χ3n) is 3.20. The molecule has 5 heteroatoms. The number of aryl methyl sites for hydroxylation is 1. The van der Waals surface area contributed by atoms with Gasteiger partial charge in [0.15, 0.2) is 0 Å². The topological polar surface area (TPSA) is 64.3 Å². The smallest absolute Gasteiger partial charge is 0.256 e. The Labute approximate surface area is 115 Å². The van der Waals surface area contributed by atoms with Crippen molar-refractivity contribution in [2.24, 2.45) is 0 Å². The van der Waals surface area contributed by atoms with Gasteiger partial charge in [0.25, 0.3) is 5.91 Å². The van der Waals surface area contributed by atoms with Gasteiger partial charge < -0.3 is 15.8 Å². The van der Waals surface area contributed by atoms with Crippen molar-refractivity contribution in [3.05, 3.63) is 22.2 Å². The summed E-state index contributed by atoms with van der Waals surface area (Å²) >= 11 is 3.42. The van der Waals surface area contributed by atoms with Gasteiger partial charge in [-0.25, -0.2) is 0 Å². The highest BCUT2D eigenvalue weighted by Crippen LogP contribution is 2.33. The van der Waals surface area contributed by atoms with E-state index in [1.54, 1.807) is 0 Å². The fraction of sp³-hybridized carbons (Fsp3) is 0.462. The number of benzene rings is 1. The van der Waals surface area contributed by atoms with Gasteiger partial charge in [-0.15, -0.1) is 0 Å². The molecule has 0 radical (unpaired) electrons. The van der Waals surface area contributed by atoms with Gasteiger partial charge in [-0.1, -0.05) is 0 Å². The minimum atomic E-state index is -0.739. The Morgan fingerprint density at radius 2 is 2.28 bits per heavy atom. The standard InChI is InChI=1S/C13H17BrN2O2/c1-8-6-9(14)11(10(15)7-8)16-12(17)13(2)4-3-5-18-13/h6-7H,3-5,15H2,1-2H3,(H,16,17). The van der Waals surface area contributed by atoms with Crippen LogP contribution in [0.25, 0.3) is 0 Å². The molecule has 0 bridgehead atoms. The van der Waals surface area contributed by atoms with Gasteiger partial charge in [-0.2, -0.15) is 0 Å². The molecule has 0 spiro atoms. The van der Waals surface area contributed by atoms with E-state index in [4.69, 9.17) is 10.5 Å². The van der Waals surface area contributed by atoms with Gasteiger partial charge >= 0.3 is 0 Å². The molecule has 1 atom stereocenters. The van der Waals surface area contributed by atoms with Gasteiger partial charge in [0.2, 0.25) is 0 Å². The van der Waals surface area contributed by atoms with Crippen molar-refractivity contribution in [2.75, 3.05) is 17.7 Å². The normalized spacial score (nSPS) is 23.1. The van der Waals surface area contributed by atoms with Gasteiger partial charge in [0.1, 0.15) is 5.60 Å². The van der Waals surface area contributed by atoms with Crippen LogP contribution in [0.2, 0.25) is 0 Å². The SMILES string of the molecule is Cc1cc(N)c(NC(=O)C2(C)CCCO2)c(Br)c1. The van der Waals surface area contributed by atoms with Crippen LogP contribution in [-0.4, -0.2) is 18.1 Å². The van der Waals surface area contributed by atoms with Gasteiger partial charge in [-0.3, -0.25) is 4.79 Å². The van der Waals surface area contributed by atoms with Crippen LogP contribution in [0.1, 0.15) is 25.3 Å². The second kappa shape index (κ2) is 4.90. The predicted octanol–water partition coefficient (Wildman–Crippen LogP) is 2.85. The number of ether oxygens (including phenoxy) is 1. The molecule has 1 saturated heterocycles. The molecule has 1 aromatic carbocycles. The molecular weight excluding hydrogens is 296 g/mol. The summed E-state index contributed by atoms with van der Waals surface area (Å²) in [6.07, 6.45) is 1.65. The first-order valence-corrected chi connectivity index (χ1v) is 6.73. The summed E-state index contributed by atoms with van der Waals surface area (Å²) < 4.78 is 6.30. The number of carbonyl (C=O) groups excluding carboxylic acids is 1. The molecule has 3 N–H and O–H groups in total. The molecule has 2 rings (SSSR count). The van der Waals surface area contributed by atoms with Crippen LogP contribution in [0.4, 0.5) is 11.4 Å². The molecular formula is C13H17BrN2O2. The molecule has 1 aliphatic heterocycles. The first-order chi connectivity index (χ1) is 8.42. The molecule has 1 heterocycles. The van der Waals surface area contributed by atoms with Crippen LogP contribution in [-0.2, 0) is 9.53 Å². The maximum Gasteiger partial charge on any atom is 0.256 e. The van der Waals surface area contributed by atoms with Crippen LogP contribution in [0.3, 0.4) is 0 Å². The van der Waals surface area contributed by atoms with Gasteiger partial charge in [0.05, 0.1) is 11.4 Å². The van der Waals surface area contributed by atoms with Gasteiger partial charge in [-0.05, 0) is 60.3 Å². The van der Waals surface area contributed by atoms with E-state index in [2.05, 4.69) is 21.2 Å². The third kappa shape index (κ3) is 2.52. The minimum Gasteiger partial charge on any atom is -0.397 e. The monoisotopic (exact) mass is 312 g/mol. The van der Waals surface area contributed by atoms with Crippen molar-refractivity contribution in [2.45, 2.75) is 32.3 Å². The molecule has 18 heavy (non-hydrogen) atoms. The fourth-order valence-electron chi connectivity index (χ4n) is 2.10. The van der Waals surface area contributed by atoms with E-state index in [-0.39, 0.29) is 5.91 Å². The molecule has 4 nitrogen and oxygen atoms in total. The molecule has 0 aromatic heterocycles. The highest BCUT2D eigenvalue weighted by molar-refractivity contribution is 9.10. The number of nitrogen functional groups attached to an aromatic ring is 1. The molecule has 1 unspecified atom stereocenters. The molecule has 98 valence electrons. The summed E-state index contributed by atoms with van der Waals surface area (Å²) in [5.74, 6) is -0.142. The van der Waals surface area contributed by atoms with Crippen LogP contribution >= 0.6 is 15.9 Å². The maximum atomic E-state index is 12.2. The molecule has 1 aliphatic rings. The van der Waals surface area contributed by atoms with Crippen LogP contribution in [0.15, 0.2) is 16.6 Å². The van der Waals surface area contributed by atoms with Crippen molar-refractivity contribution in [3.63, 3.8) is 0 Å². The van der Waals surface area contributed by atoms with Crippen molar-refractivity contribution in [1.82, 2.24) is 0 Å². The van der Waals surface area contributed by atoms with E-state index in [1.165, 1.54) is 0 Å². The number of amides is 1. The quantitative estimate of drug-likeness (QED) is 0.825. The molecule has 1 amide bonds. The number of nitrogens with two attached hydrogens (primary N) is 1. The number of halogens is 1. The van der Waals surface area contributed by atoms with E-state index < -0.39 is 5.60 Å². The number of rotatable bonds is 2. The van der Waals surface area contributed by atoms with E-state index in [0.29, 0.717) is 18.0 Å². The number of nitrogens with one attached hydrogen (secondary N) is 1. The van der Waals surface area contributed by atoms with E-state index in [1.807, 2.05) is 26.0 Å². The van der Waals surface area contributed by atoms with Crippen molar-refractivity contribution in [1.29, 1.82) is 0 Å². The first-order valence-electron chi connectivity index (χ1n) is 5.93. The summed E-state index contributed by atoms with van der Waals surface area (Å²) in [6, 6.07) is 3.75.